The van der Waals surface area contributed by atoms with Gasteiger partial charge in [0, 0.05) is 17.1 Å². The summed E-state index contributed by atoms with van der Waals surface area (Å²) >= 11 is 1.27. The number of nitrogens with zero attached hydrogens (tertiary/aromatic N) is 3. The van der Waals surface area contributed by atoms with Crippen molar-refractivity contribution < 1.29 is 14.6 Å². The van der Waals surface area contributed by atoms with Gasteiger partial charge in [-0.3, -0.25) is 0 Å². The predicted octanol–water partition coefficient (Wildman–Crippen LogP) is 1.95. The Morgan fingerprint density at radius 3 is 2.90 bits per heavy atom. The Bertz CT molecular complexity index is 614. The fourth-order valence-corrected chi connectivity index (χ4v) is 2.19. The van der Waals surface area contributed by atoms with Gasteiger partial charge in [0.2, 0.25) is 11.8 Å². The molecule has 2 heterocycles. The van der Waals surface area contributed by atoms with Crippen LogP contribution in [0.3, 0.4) is 0 Å². The van der Waals surface area contributed by atoms with Crippen LogP contribution >= 0.6 is 11.3 Å². The minimum atomic E-state index is -1.03. The fraction of sp³-hybridized carbons (Fsp3) is 0.333. The summed E-state index contributed by atoms with van der Waals surface area (Å²) in [6.07, 6.45) is 0. The number of aromatic carboxylic acids is 1. The number of hydrogen-bond donors (Lipinski definition) is 2. The zero-order valence-electron chi connectivity index (χ0n) is 11.1. The van der Waals surface area contributed by atoms with E-state index >= 15 is 0 Å². The maximum Gasteiger partial charge on any atom is 0.355 e. The third-order valence-corrected chi connectivity index (χ3v) is 3.14. The first-order valence-corrected chi connectivity index (χ1v) is 6.86. The molecule has 7 nitrogen and oxygen atoms in total. The fourth-order valence-electron chi connectivity index (χ4n) is 1.49. The van der Waals surface area contributed by atoms with Crippen LogP contribution in [0.15, 0.2) is 11.4 Å². The van der Waals surface area contributed by atoms with Crippen LogP contribution in [0.4, 0.5) is 5.95 Å². The summed E-state index contributed by atoms with van der Waals surface area (Å²) in [7, 11) is 0. The van der Waals surface area contributed by atoms with E-state index in [9.17, 15) is 4.79 Å². The maximum atomic E-state index is 10.7. The van der Waals surface area contributed by atoms with E-state index in [1.165, 1.54) is 16.7 Å². The molecule has 2 N–H and O–H groups in total. The molecule has 0 aliphatic carbocycles. The van der Waals surface area contributed by atoms with Gasteiger partial charge >= 0.3 is 5.97 Å². The number of carboxylic acids is 1. The van der Waals surface area contributed by atoms with E-state index in [0.717, 1.165) is 5.69 Å². The van der Waals surface area contributed by atoms with Gasteiger partial charge in [0.25, 0.3) is 0 Å². The zero-order valence-corrected chi connectivity index (χ0v) is 11.9. The second-order valence-corrected chi connectivity index (χ2v) is 4.83. The molecule has 2 rings (SSSR count). The van der Waals surface area contributed by atoms with Gasteiger partial charge in [-0.05, 0) is 13.8 Å². The van der Waals surface area contributed by atoms with Gasteiger partial charge in [0.1, 0.15) is 5.01 Å². The number of rotatable bonds is 6. The molecule has 0 saturated carbocycles. The van der Waals surface area contributed by atoms with Crippen molar-refractivity contribution in [1.29, 1.82) is 0 Å². The van der Waals surface area contributed by atoms with Crippen LogP contribution in [0.2, 0.25) is 0 Å². The second-order valence-electron chi connectivity index (χ2n) is 3.89. The predicted molar refractivity (Wildman–Crippen MR) is 74.3 cm³/mol. The lowest BCUT2D eigenvalue weighted by Gasteiger charge is -2.07. The Labute approximate surface area is 119 Å². The molecular formula is C12H14N4O3S. The van der Waals surface area contributed by atoms with Gasteiger partial charge in [0.15, 0.2) is 5.69 Å². The number of carboxylic acid groups (broad SMARTS) is 1. The third kappa shape index (κ3) is 3.64. The summed E-state index contributed by atoms with van der Waals surface area (Å²) in [6, 6.07) is 1.75. The number of thiazole rings is 1. The first-order valence-electron chi connectivity index (χ1n) is 5.98. The molecule has 0 unspecified atom stereocenters. The number of anilines is 1. The topological polar surface area (TPSA) is 97.2 Å². The van der Waals surface area contributed by atoms with Gasteiger partial charge in [-0.2, -0.15) is 4.98 Å². The van der Waals surface area contributed by atoms with E-state index in [1.807, 2.05) is 13.8 Å². The molecule has 2 aromatic heterocycles. The quantitative estimate of drug-likeness (QED) is 0.840. The molecule has 0 spiro atoms. The van der Waals surface area contributed by atoms with Crippen LogP contribution in [0.1, 0.15) is 28.1 Å². The SMILES string of the molecule is CCOc1cc(C)nc(NCc2nc(C(=O)O)cs2)n1. The highest BCUT2D eigenvalue weighted by Crippen LogP contribution is 2.14. The van der Waals surface area contributed by atoms with E-state index < -0.39 is 5.97 Å². The number of aromatic nitrogens is 3. The normalized spacial score (nSPS) is 10.3. The Hall–Kier alpha value is -2.22. The highest BCUT2D eigenvalue weighted by molar-refractivity contribution is 7.09. The average molecular weight is 294 g/mol. The molecule has 0 amide bonds. The largest absolute Gasteiger partial charge is 0.478 e. The third-order valence-electron chi connectivity index (χ3n) is 2.29. The van der Waals surface area contributed by atoms with Crippen molar-refractivity contribution in [3.8, 4) is 5.88 Å². The number of nitrogens with one attached hydrogen (secondary N) is 1. The van der Waals surface area contributed by atoms with Gasteiger partial charge in [-0.25, -0.2) is 14.8 Å². The Morgan fingerprint density at radius 1 is 1.45 bits per heavy atom. The van der Waals surface area contributed by atoms with E-state index in [-0.39, 0.29) is 5.69 Å². The van der Waals surface area contributed by atoms with Crippen LogP contribution < -0.4 is 10.1 Å². The van der Waals surface area contributed by atoms with Crippen LogP contribution in [0.5, 0.6) is 5.88 Å². The van der Waals surface area contributed by atoms with Crippen molar-refractivity contribution in [2.75, 3.05) is 11.9 Å². The zero-order chi connectivity index (χ0) is 14.5. The van der Waals surface area contributed by atoms with E-state index in [4.69, 9.17) is 9.84 Å². The standard InChI is InChI=1S/C12H14N4O3S/c1-3-19-9-4-7(2)14-12(16-9)13-5-10-15-8(6-20-10)11(17)18/h4,6H,3,5H2,1-2H3,(H,17,18)(H,13,14,16). The number of carbonyl (C=O) groups is 1. The van der Waals surface area contributed by atoms with Crippen molar-refractivity contribution in [1.82, 2.24) is 15.0 Å². The first kappa shape index (κ1) is 14.2. The van der Waals surface area contributed by atoms with Crippen molar-refractivity contribution in [2.24, 2.45) is 0 Å². The molecule has 2 aromatic rings. The van der Waals surface area contributed by atoms with Crippen LogP contribution in [0, 0.1) is 6.92 Å². The number of aryl methyl sites for hydroxylation is 1. The molecule has 0 saturated heterocycles. The Balaban J connectivity index is 2.04. The molecule has 0 aromatic carbocycles. The summed E-state index contributed by atoms with van der Waals surface area (Å²) in [5.41, 5.74) is 0.836. The summed E-state index contributed by atoms with van der Waals surface area (Å²) in [5.74, 6) is -0.0914. The highest BCUT2D eigenvalue weighted by Gasteiger charge is 2.09. The lowest BCUT2D eigenvalue weighted by atomic mass is 10.4. The molecule has 20 heavy (non-hydrogen) atoms. The lowest BCUT2D eigenvalue weighted by molar-refractivity contribution is 0.0691. The molecule has 0 aliphatic heterocycles. The van der Waals surface area contributed by atoms with Crippen LogP contribution in [0.25, 0.3) is 0 Å². The summed E-state index contributed by atoms with van der Waals surface area (Å²) in [5, 5.41) is 14.0. The van der Waals surface area contributed by atoms with Crippen molar-refractivity contribution in [2.45, 2.75) is 20.4 Å². The van der Waals surface area contributed by atoms with Gasteiger partial charge in [-0.1, -0.05) is 0 Å². The van der Waals surface area contributed by atoms with Crippen molar-refractivity contribution >= 4 is 23.3 Å². The lowest BCUT2D eigenvalue weighted by Crippen LogP contribution is -2.06. The molecule has 0 fully saturated rings. The molecular weight excluding hydrogens is 280 g/mol. The second kappa shape index (κ2) is 6.29. The van der Waals surface area contributed by atoms with Gasteiger partial charge in [0.05, 0.1) is 13.2 Å². The summed E-state index contributed by atoms with van der Waals surface area (Å²) in [6.45, 7) is 4.63. The molecule has 0 atom stereocenters. The average Bonchev–Trinajstić information content (AvgIpc) is 2.85. The van der Waals surface area contributed by atoms with Crippen molar-refractivity contribution in [3.63, 3.8) is 0 Å². The van der Waals surface area contributed by atoms with Gasteiger partial charge in [-0.15, -0.1) is 11.3 Å². The Kier molecular flexibility index (Phi) is 4.46. The van der Waals surface area contributed by atoms with E-state index in [2.05, 4.69) is 20.3 Å². The summed E-state index contributed by atoms with van der Waals surface area (Å²) < 4.78 is 5.33. The van der Waals surface area contributed by atoms with E-state index in [0.29, 0.717) is 30.0 Å². The first-order chi connectivity index (χ1) is 9.58. The highest BCUT2D eigenvalue weighted by atomic mass is 32.1. The molecule has 0 aliphatic rings. The smallest absolute Gasteiger partial charge is 0.355 e. The maximum absolute atomic E-state index is 10.7. The van der Waals surface area contributed by atoms with Gasteiger partial charge < -0.3 is 15.2 Å². The number of ether oxygens (including phenoxy) is 1. The Morgan fingerprint density at radius 2 is 2.25 bits per heavy atom. The van der Waals surface area contributed by atoms with Crippen LogP contribution in [-0.2, 0) is 6.54 Å². The molecule has 8 heteroatoms. The number of hydrogen-bond acceptors (Lipinski definition) is 7. The molecule has 106 valence electrons. The summed E-state index contributed by atoms with van der Waals surface area (Å²) in [4.78, 5) is 23.1. The van der Waals surface area contributed by atoms with E-state index in [1.54, 1.807) is 6.07 Å². The van der Waals surface area contributed by atoms with Crippen molar-refractivity contribution in [3.05, 3.63) is 27.8 Å². The molecule has 0 radical (unpaired) electrons. The molecule has 0 bridgehead atoms. The minimum absolute atomic E-state index is 0.0481. The minimum Gasteiger partial charge on any atom is -0.478 e. The van der Waals surface area contributed by atoms with Crippen LogP contribution in [-0.4, -0.2) is 32.6 Å². The monoisotopic (exact) mass is 294 g/mol.